The lowest BCUT2D eigenvalue weighted by atomic mass is 10.3. The largest absolute Gasteiger partial charge is 0.464 e. The Hall–Kier alpha value is -2.31. The maximum atomic E-state index is 12.5. The Kier molecular flexibility index (Phi) is 4.46. The number of carbonyl (C=O) groups is 1. The Morgan fingerprint density at radius 1 is 1.44 bits per heavy atom. The standard InChI is InChI=1S/C18H25N5O2/c1-13-9-16(13)17-6-5-15(25-17)10-23(14-3-4-14)18(24)20-7-2-8-22-12-19-11-21-22/h5-6,11-14,16H,2-4,7-10H2,1H3,(H,20,24)/t13-,16-/m0/s1. The van der Waals surface area contributed by atoms with Crippen LogP contribution in [-0.2, 0) is 13.1 Å². The second-order valence-corrected chi connectivity index (χ2v) is 7.23. The number of urea groups is 1. The van der Waals surface area contributed by atoms with E-state index in [-0.39, 0.29) is 6.03 Å². The molecule has 134 valence electrons. The maximum Gasteiger partial charge on any atom is 0.318 e. The lowest BCUT2D eigenvalue weighted by molar-refractivity contribution is 0.186. The summed E-state index contributed by atoms with van der Waals surface area (Å²) in [6.45, 7) is 4.19. The Morgan fingerprint density at radius 3 is 2.96 bits per heavy atom. The predicted molar refractivity (Wildman–Crippen MR) is 91.8 cm³/mol. The van der Waals surface area contributed by atoms with Gasteiger partial charge in [0, 0.05) is 25.0 Å². The quantitative estimate of drug-likeness (QED) is 0.748. The molecule has 2 aromatic rings. The number of nitrogens with zero attached hydrogens (tertiary/aromatic N) is 4. The van der Waals surface area contributed by atoms with Gasteiger partial charge >= 0.3 is 6.03 Å². The fraction of sp³-hybridized carbons (Fsp3) is 0.611. The van der Waals surface area contributed by atoms with Gasteiger partial charge in [-0.15, -0.1) is 0 Å². The van der Waals surface area contributed by atoms with E-state index in [1.165, 1.54) is 12.7 Å². The van der Waals surface area contributed by atoms with Gasteiger partial charge in [-0.05, 0) is 43.7 Å². The molecule has 2 fully saturated rings. The van der Waals surface area contributed by atoms with Crippen molar-refractivity contribution in [3.63, 3.8) is 0 Å². The second-order valence-electron chi connectivity index (χ2n) is 7.23. The lowest BCUT2D eigenvalue weighted by Gasteiger charge is -2.21. The average Bonchev–Trinajstić information content (AvgIpc) is 3.46. The van der Waals surface area contributed by atoms with Gasteiger partial charge < -0.3 is 14.6 Å². The van der Waals surface area contributed by atoms with E-state index < -0.39 is 0 Å². The summed E-state index contributed by atoms with van der Waals surface area (Å²) in [6.07, 6.45) is 7.42. The third-order valence-electron chi connectivity index (χ3n) is 5.04. The summed E-state index contributed by atoms with van der Waals surface area (Å²) >= 11 is 0. The number of amides is 2. The number of aryl methyl sites for hydroxylation is 1. The topological polar surface area (TPSA) is 76.2 Å². The van der Waals surface area contributed by atoms with E-state index in [9.17, 15) is 4.79 Å². The Bertz CT molecular complexity index is 707. The Balaban J connectivity index is 1.27. The van der Waals surface area contributed by atoms with Gasteiger partial charge in [-0.2, -0.15) is 5.10 Å². The number of rotatable bonds is 8. The molecule has 4 rings (SSSR count). The highest BCUT2D eigenvalue weighted by Gasteiger charge is 2.37. The van der Waals surface area contributed by atoms with Gasteiger partial charge in [0.25, 0.3) is 0 Å². The third-order valence-corrected chi connectivity index (χ3v) is 5.04. The minimum absolute atomic E-state index is 0.00108. The summed E-state index contributed by atoms with van der Waals surface area (Å²) < 4.78 is 7.74. The first kappa shape index (κ1) is 16.2. The fourth-order valence-corrected chi connectivity index (χ4v) is 3.20. The van der Waals surface area contributed by atoms with Crippen molar-refractivity contribution in [3.05, 3.63) is 36.3 Å². The van der Waals surface area contributed by atoms with Crippen LogP contribution in [0.5, 0.6) is 0 Å². The molecule has 2 heterocycles. The molecule has 1 N–H and O–H groups in total. The van der Waals surface area contributed by atoms with Crippen LogP contribution >= 0.6 is 0 Å². The van der Waals surface area contributed by atoms with Gasteiger partial charge in [0.05, 0.1) is 6.54 Å². The number of hydrogen-bond acceptors (Lipinski definition) is 4. The van der Waals surface area contributed by atoms with E-state index in [1.807, 2.05) is 11.0 Å². The minimum Gasteiger partial charge on any atom is -0.464 e. The van der Waals surface area contributed by atoms with Crippen LogP contribution in [0.3, 0.4) is 0 Å². The predicted octanol–water partition coefficient (Wildman–Crippen LogP) is 2.76. The van der Waals surface area contributed by atoms with E-state index >= 15 is 0 Å². The van der Waals surface area contributed by atoms with Crippen molar-refractivity contribution < 1.29 is 9.21 Å². The van der Waals surface area contributed by atoms with E-state index in [4.69, 9.17) is 4.42 Å². The summed E-state index contributed by atoms with van der Waals surface area (Å²) in [5.41, 5.74) is 0. The monoisotopic (exact) mass is 343 g/mol. The SMILES string of the molecule is C[C@H]1C[C@@H]1c1ccc(CN(C(=O)NCCCn2cncn2)C2CC2)o1. The van der Waals surface area contributed by atoms with Gasteiger partial charge in [-0.1, -0.05) is 6.92 Å². The molecule has 7 heteroatoms. The number of nitrogens with one attached hydrogen (secondary N) is 1. The van der Waals surface area contributed by atoms with Crippen LogP contribution in [-0.4, -0.2) is 38.3 Å². The highest BCUT2D eigenvalue weighted by Crippen LogP contribution is 2.47. The van der Waals surface area contributed by atoms with Crippen LogP contribution in [0.25, 0.3) is 0 Å². The molecular weight excluding hydrogens is 318 g/mol. The highest BCUT2D eigenvalue weighted by atomic mass is 16.3. The van der Waals surface area contributed by atoms with Gasteiger partial charge in [-0.25, -0.2) is 9.78 Å². The average molecular weight is 343 g/mol. The van der Waals surface area contributed by atoms with Gasteiger partial charge in [-0.3, -0.25) is 4.68 Å². The highest BCUT2D eigenvalue weighted by molar-refractivity contribution is 5.74. The van der Waals surface area contributed by atoms with E-state index in [0.29, 0.717) is 25.0 Å². The van der Waals surface area contributed by atoms with Crippen LogP contribution in [0.2, 0.25) is 0 Å². The molecule has 0 radical (unpaired) electrons. The number of furan rings is 1. The first-order valence-corrected chi connectivity index (χ1v) is 9.16. The molecule has 25 heavy (non-hydrogen) atoms. The van der Waals surface area contributed by atoms with Crippen LogP contribution in [0.4, 0.5) is 4.79 Å². The number of hydrogen-bond donors (Lipinski definition) is 1. The molecule has 2 aromatic heterocycles. The summed E-state index contributed by atoms with van der Waals surface area (Å²) in [7, 11) is 0. The zero-order valence-electron chi connectivity index (χ0n) is 14.6. The third kappa shape index (κ3) is 4.03. The first-order chi connectivity index (χ1) is 12.2. The Labute approximate surface area is 147 Å². The molecule has 7 nitrogen and oxygen atoms in total. The smallest absolute Gasteiger partial charge is 0.318 e. The summed E-state index contributed by atoms with van der Waals surface area (Å²) in [5.74, 6) is 3.27. The zero-order valence-corrected chi connectivity index (χ0v) is 14.6. The van der Waals surface area contributed by atoms with Crippen molar-refractivity contribution in [2.24, 2.45) is 5.92 Å². The molecule has 2 saturated carbocycles. The Morgan fingerprint density at radius 2 is 2.28 bits per heavy atom. The van der Waals surface area contributed by atoms with E-state index in [1.54, 1.807) is 11.0 Å². The van der Waals surface area contributed by atoms with Crippen molar-refractivity contribution in [2.45, 2.75) is 57.7 Å². The van der Waals surface area contributed by atoms with Crippen LogP contribution in [0.15, 0.2) is 29.2 Å². The number of carbonyl (C=O) groups excluding carboxylic acids is 1. The molecule has 0 unspecified atom stereocenters. The normalized spacial score (nSPS) is 22.0. The second kappa shape index (κ2) is 6.90. The molecule has 2 amide bonds. The van der Waals surface area contributed by atoms with Crippen molar-refractivity contribution in [1.82, 2.24) is 25.0 Å². The van der Waals surface area contributed by atoms with E-state index in [0.717, 1.165) is 43.2 Å². The summed E-state index contributed by atoms with van der Waals surface area (Å²) in [4.78, 5) is 18.4. The summed E-state index contributed by atoms with van der Waals surface area (Å²) in [5, 5.41) is 7.08. The molecule has 0 spiro atoms. The molecular formula is C18H25N5O2. The fourth-order valence-electron chi connectivity index (χ4n) is 3.20. The van der Waals surface area contributed by atoms with Crippen LogP contribution in [0, 0.1) is 5.92 Å². The molecule has 0 bridgehead atoms. The maximum absolute atomic E-state index is 12.5. The lowest BCUT2D eigenvalue weighted by Crippen LogP contribution is -2.41. The van der Waals surface area contributed by atoms with Crippen molar-refractivity contribution >= 4 is 6.03 Å². The molecule has 0 saturated heterocycles. The van der Waals surface area contributed by atoms with Crippen molar-refractivity contribution in [3.8, 4) is 0 Å². The van der Waals surface area contributed by atoms with Gasteiger partial charge in [0.15, 0.2) is 0 Å². The van der Waals surface area contributed by atoms with Crippen LogP contribution in [0.1, 0.15) is 50.0 Å². The molecule has 2 aliphatic carbocycles. The molecule has 0 aromatic carbocycles. The van der Waals surface area contributed by atoms with E-state index in [2.05, 4.69) is 28.4 Å². The van der Waals surface area contributed by atoms with Gasteiger partial charge in [0.2, 0.25) is 0 Å². The molecule has 2 aliphatic rings. The van der Waals surface area contributed by atoms with Crippen molar-refractivity contribution in [1.29, 1.82) is 0 Å². The minimum atomic E-state index is -0.00108. The number of aromatic nitrogens is 3. The zero-order chi connectivity index (χ0) is 17.2. The van der Waals surface area contributed by atoms with Crippen molar-refractivity contribution in [2.75, 3.05) is 6.54 Å². The summed E-state index contributed by atoms with van der Waals surface area (Å²) in [6, 6.07) is 4.45. The molecule has 2 atom stereocenters. The molecule has 0 aliphatic heterocycles. The first-order valence-electron chi connectivity index (χ1n) is 9.16. The van der Waals surface area contributed by atoms with Gasteiger partial charge in [0.1, 0.15) is 24.2 Å². The van der Waals surface area contributed by atoms with Crippen LogP contribution < -0.4 is 5.32 Å².